The Bertz CT molecular complexity index is 61.1. The van der Waals surface area contributed by atoms with Crippen LogP contribution in [0.2, 0.25) is 0 Å². The van der Waals surface area contributed by atoms with Gasteiger partial charge in [0, 0.05) is 13.2 Å². The van der Waals surface area contributed by atoms with Crippen LogP contribution < -0.4 is 0 Å². The van der Waals surface area contributed by atoms with Gasteiger partial charge in [-0.1, -0.05) is 6.92 Å². The van der Waals surface area contributed by atoms with Crippen LogP contribution in [0.3, 0.4) is 0 Å². The van der Waals surface area contributed by atoms with Crippen molar-refractivity contribution >= 4 is 0 Å². The number of ether oxygens (including phenoxy) is 1. The second-order valence-electron chi connectivity index (χ2n) is 2.49. The third-order valence-electron chi connectivity index (χ3n) is 1.36. The van der Waals surface area contributed by atoms with Crippen molar-refractivity contribution in [2.24, 2.45) is 0 Å². The molecule has 0 fully saturated rings. The van der Waals surface area contributed by atoms with Gasteiger partial charge in [-0.05, 0) is 30.2 Å². The molecule has 3 heteroatoms. The van der Waals surface area contributed by atoms with Gasteiger partial charge in [0.2, 0.25) is 0 Å². The highest BCUT2D eigenvalue weighted by Gasteiger charge is 1.89. The van der Waals surface area contributed by atoms with E-state index in [0.29, 0.717) is 0 Å². The second kappa shape index (κ2) is 9.85. The van der Waals surface area contributed by atoms with Crippen LogP contribution in [0.1, 0.15) is 32.6 Å². The van der Waals surface area contributed by atoms with Crippen molar-refractivity contribution in [3.8, 4) is 0 Å². The molecule has 0 radical (unpaired) electrons. The van der Waals surface area contributed by atoms with Crippen LogP contribution in [0.15, 0.2) is 0 Å². The fourth-order valence-corrected chi connectivity index (χ4v) is 0.784. The van der Waals surface area contributed by atoms with Gasteiger partial charge in [-0.2, -0.15) is 4.94 Å². The van der Waals surface area contributed by atoms with E-state index >= 15 is 0 Å². The van der Waals surface area contributed by atoms with E-state index in [1.165, 1.54) is 0 Å². The zero-order valence-corrected chi connectivity index (χ0v) is 7.14. The van der Waals surface area contributed by atoms with Crippen LogP contribution in [0.4, 0.5) is 4.53 Å². The Morgan fingerprint density at radius 1 is 1.00 bits per heavy atom. The molecule has 0 aliphatic carbocycles. The molecule has 0 unspecified atom stereocenters. The summed E-state index contributed by atoms with van der Waals surface area (Å²) in [5, 5.41) is 0. The zero-order chi connectivity index (χ0) is 8.36. The smallest absolute Gasteiger partial charge is 0.0876 e. The van der Waals surface area contributed by atoms with E-state index in [4.69, 9.17) is 4.74 Å². The number of unbranched alkanes of at least 4 members (excludes halogenated alkanes) is 2. The lowest BCUT2D eigenvalue weighted by molar-refractivity contribution is -0.133. The molecule has 0 N–H and O–H groups in total. The molecule has 0 aromatic rings. The van der Waals surface area contributed by atoms with Gasteiger partial charge in [-0.3, -0.25) is 0 Å². The molecule has 0 spiro atoms. The molecule has 0 aromatic heterocycles. The Morgan fingerprint density at radius 2 is 1.73 bits per heavy atom. The Balaban J connectivity index is 2.69. The molecule has 0 atom stereocenters. The van der Waals surface area contributed by atoms with Crippen LogP contribution in [0.5, 0.6) is 0 Å². The average Bonchev–Trinajstić information content (AvgIpc) is 2.03. The number of halogens is 1. The van der Waals surface area contributed by atoms with E-state index < -0.39 is 0 Å². The average molecular weight is 164 g/mol. The third-order valence-corrected chi connectivity index (χ3v) is 1.36. The molecule has 0 saturated carbocycles. The summed E-state index contributed by atoms with van der Waals surface area (Å²) in [6.07, 6.45) is 3.83. The summed E-state index contributed by atoms with van der Waals surface area (Å²) in [5.41, 5.74) is 0. The number of rotatable bonds is 8. The summed E-state index contributed by atoms with van der Waals surface area (Å²) in [7, 11) is 0. The standard InChI is InChI=1S/C8H17FO2/c1-2-6-10-7-4-3-5-8-11-9/h2-8H2,1H3. The molecular weight excluding hydrogens is 147 g/mol. The molecule has 0 aromatic carbocycles. The van der Waals surface area contributed by atoms with Crippen LogP contribution >= 0.6 is 0 Å². The van der Waals surface area contributed by atoms with E-state index in [2.05, 4.69) is 11.9 Å². The maximum Gasteiger partial charge on any atom is 0.0876 e. The first kappa shape index (κ1) is 10.8. The second-order valence-corrected chi connectivity index (χ2v) is 2.49. The topological polar surface area (TPSA) is 18.5 Å². The van der Waals surface area contributed by atoms with E-state index in [9.17, 15) is 4.53 Å². The lowest BCUT2D eigenvalue weighted by Gasteiger charge is -2.00. The van der Waals surface area contributed by atoms with Gasteiger partial charge >= 0.3 is 0 Å². The summed E-state index contributed by atoms with van der Waals surface area (Å²) < 4.78 is 16.3. The highest BCUT2D eigenvalue weighted by atomic mass is 19.3. The largest absolute Gasteiger partial charge is 0.381 e. The maximum absolute atomic E-state index is 11.1. The van der Waals surface area contributed by atoms with Gasteiger partial charge in [0.1, 0.15) is 0 Å². The summed E-state index contributed by atoms with van der Waals surface area (Å²) in [5.74, 6) is 0. The Labute approximate surface area is 67.6 Å². The summed E-state index contributed by atoms with van der Waals surface area (Å²) in [6, 6.07) is 0. The fourth-order valence-electron chi connectivity index (χ4n) is 0.784. The minimum absolute atomic E-state index is 0.216. The SMILES string of the molecule is CCCOCCCCCOF. The van der Waals surface area contributed by atoms with Gasteiger partial charge in [0.05, 0.1) is 6.61 Å². The first-order chi connectivity index (χ1) is 5.41. The predicted molar refractivity (Wildman–Crippen MR) is 42.0 cm³/mol. The van der Waals surface area contributed by atoms with Crippen LogP contribution in [0.25, 0.3) is 0 Å². The van der Waals surface area contributed by atoms with Crippen LogP contribution in [-0.2, 0) is 9.68 Å². The fraction of sp³-hybridized carbons (Fsp3) is 1.00. The molecule has 0 bridgehead atoms. The van der Waals surface area contributed by atoms with E-state index in [0.717, 1.165) is 38.9 Å². The minimum atomic E-state index is 0.216. The third kappa shape index (κ3) is 9.85. The van der Waals surface area contributed by atoms with Crippen molar-refractivity contribution in [1.29, 1.82) is 0 Å². The van der Waals surface area contributed by atoms with Crippen molar-refractivity contribution in [3.05, 3.63) is 0 Å². The monoisotopic (exact) mass is 164 g/mol. The highest BCUT2D eigenvalue weighted by Crippen LogP contribution is 1.96. The molecule has 0 saturated heterocycles. The van der Waals surface area contributed by atoms with Gasteiger partial charge in [0.15, 0.2) is 0 Å². The van der Waals surface area contributed by atoms with Crippen molar-refractivity contribution in [3.63, 3.8) is 0 Å². The first-order valence-electron chi connectivity index (χ1n) is 4.23. The maximum atomic E-state index is 11.1. The van der Waals surface area contributed by atoms with E-state index in [-0.39, 0.29) is 6.61 Å². The molecule has 0 aliphatic rings. The van der Waals surface area contributed by atoms with Crippen LogP contribution in [0, 0.1) is 0 Å². The summed E-state index contributed by atoms with van der Waals surface area (Å²) in [4.78, 5) is 3.43. The molecule has 0 amide bonds. The minimum Gasteiger partial charge on any atom is -0.381 e. The molecule has 11 heavy (non-hydrogen) atoms. The zero-order valence-electron chi connectivity index (χ0n) is 7.14. The van der Waals surface area contributed by atoms with E-state index in [1.807, 2.05) is 0 Å². The van der Waals surface area contributed by atoms with Crippen molar-refractivity contribution < 1.29 is 14.2 Å². The van der Waals surface area contributed by atoms with Gasteiger partial charge in [0.25, 0.3) is 0 Å². The molecule has 0 rings (SSSR count). The van der Waals surface area contributed by atoms with Crippen molar-refractivity contribution in [2.45, 2.75) is 32.6 Å². The van der Waals surface area contributed by atoms with Gasteiger partial charge in [-0.15, -0.1) is 0 Å². The lowest BCUT2D eigenvalue weighted by atomic mass is 10.2. The number of hydrogen-bond acceptors (Lipinski definition) is 2. The van der Waals surface area contributed by atoms with Gasteiger partial charge < -0.3 is 4.74 Å². The highest BCUT2D eigenvalue weighted by molar-refractivity contribution is 4.39. The van der Waals surface area contributed by atoms with Crippen molar-refractivity contribution in [1.82, 2.24) is 0 Å². The number of hydrogen-bond donors (Lipinski definition) is 0. The van der Waals surface area contributed by atoms with E-state index in [1.54, 1.807) is 0 Å². The molecule has 0 heterocycles. The molecule has 0 aliphatic heterocycles. The molecule has 68 valence electrons. The predicted octanol–water partition coefficient (Wildman–Crippen LogP) is 2.48. The first-order valence-corrected chi connectivity index (χ1v) is 4.23. The summed E-state index contributed by atoms with van der Waals surface area (Å²) >= 11 is 0. The Hall–Kier alpha value is -0.150. The molecular formula is C8H17FO2. The van der Waals surface area contributed by atoms with Crippen LogP contribution in [-0.4, -0.2) is 19.8 Å². The lowest BCUT2D eigenvalue weighted by Crippen LogP contribution is -1.96. The molecule has 2 nitrogen and oxygen atoms in total. The quantitative estimate of drug-likeness (QED) is 0.513. The van der Waals surface area contributed by atoms with Gasteiger partial charge in [-0.25, -0.2) is 0 Å². The summed E-state index contributed by atoms with van der Waals surface area (Å²) in [6.45, 7) is 3.92. The Morgan fingerprint density at radius 3 is 2.36 bits per heavy atom. The van der Waals surface area contributed by atoms with Crippen molar-refractivity contribution in [2.75, 3.05) is 19.8 Å². The normalized spacial score (nSPS) is 10.4. The Kier molecular flexibility index (Phi) is 9.72.